The number of nitro groups is 1. The number of nitro benzene ring substituents is 1. The first-order valence-electron chi connectivity index (χ1n) is 5.72. The number of rotatable bonds is 5. The SMILES string of the molecule is NCCNc1nccc(-c2ccc([N+](=O)[O-])cc2)n1. The number of nitrogens with two attached hydrogens (primary N) is 1. The minimum absolute atomic E-state index is 0.0549. The lowest BCUT2D eigenvalue weighted by molar-refractivity contribution is -0.384. The van der Waals surface area contributed by atoms with Crippen LogP contribution in [0.3, 0.4) is 0 Å². The molecule has 98 valence electrons. The van der Waals surface area contributed by atoms with Crippen molar-refractivity contribution in [3.63, 3.8) is 0 Å². The molecule has 2 aromatic rings. The average Bonchev–Trinajstić information content (AvgIpc) is 2.45. The van der Waals surface area contributed by atoms with Gasteiger partial charge in [0.25, 0.3) is 5.69 Å². The van der Waals surface area contributed by atoms with Gasteiger partial charge >= 0.3 is 0 Å². The monoisotopic (exact) mass is 259 g/mol. The van der Waals surface area contributed by atoms with Crippen molar-refractivity contribution in [3.8, 4) is 11.3 Å². The zero-order chi connectivity index (χ0) is 13.7. The Morgan fingerprint density at radius 2 is 2.00 bits per heavy atom. The maximum atomic E-state index is 10.6. The van der Waals surface area contributed by atoms with E-state index in [1.807, 2.05) is 0 Å². The van der Waals surface area contributed by atoms with E-state index in [1.54, 1.807) is 24.4 Å². The molecule has 1 heterocycles. The van der Waals surface area contributed by atoms with Gasteiger partial charge in [-0.25, -0.2) is 9.97 Å². The summed E-state index contributed by atoms with van der Waals surface area (Å²) in [7, 11) is 0. The Morgan fingerprint density at radius 1 is 1.26 bits per heavy atom. The van der Waals surface area contributed by atoms with Crippen molar-refractivity contribution in [1.82, 2.24) is 9.97 Å². The van der Waals surface area contributed by atoms with Crippen LogP contribution < -0.4 is 11.1 Å². The van der Waals surface area contributed by atoms with Crippen molar-refractivity contribution >= 4 is 11.6 Å². The van der Waals surface area contributed by atoms with E-state index in [2.05, 4.69) is 15.3 Å². The molecule has 7 nitrogen and oxygen atoms in total. The fraction of sp³-hybridized carbons (Fsp3) is 0.167. The van der Waals surface area contributed by atoms with Crippen LogP contribution in [-0.4, -0.2) is 28.0 Å². The van der Waals surface area contributed by atoms with Crippen LogP contribution in [0, 0.1) is 10.1 Å². The van der Waals surface area contributed by atoms with E-state index in [0.29, 0.717) is 24.7 Å². The summed E-state index contributed by atoms with van der Waals surface area (Å²) in [6.45, 7) is 1.08. The Labute approximate surface area is 109 Å². The van der Waals surface area contributed by atoms with E-state index in [-0.39, 0.29) is 5.69 Å². The Hall–Kier alpha value is -2.54. The van der Waals surface area contributed by atoms with Gasteiger partial charge in [0, 0.05) is 37.0 Å². The predicted octanol–water partition coefficient (Wildman–Crippen LogP) is 1.42. The highest BCUT2D eigenvalue weighted by Crippen LogP contribution is 2.20. The first-order chi connectivity index (χ1) is 9.20. The maximum absolute atomic E-state index is 10.6. The number of hydrogen-bond donors (Lipinski definition) is 2. The maximum Gasteiger partial charge on any atom is 0.269 e. The van der Waals surface area contributed by atoms with Gasteiger partial charge < -0.3 is 11.1 Å². The van der Waals surface area contributed by atoms with E-state index < -0.39 is 4.92 Å². The highest BCUT2D eigenvalue weighted by Gasteiger charge is 2.06. The molecule has 1 aromatic heterocycles. The number of hydrogen-bond acceptors (Lipinski definition) is 6. The summed E-state index contributed by atoms with van der Waals surface area (Å²) in [5, 5.41) is 13.6. The largest absolute Gasteiger partial charge is 0.353 e. The first kappa shape index (κ1) is 12.9. The molecule has 0 saturated carbocycles. The average molecular weight is 259 g/mol. The molecule has 1 aromatic carbocycles. The third kappa shape index (κ3) is 3.23. The van der Waals surface area contributed by atoms with Crippen molar-refractivity contribution in [3.05, 3.63) is 46.6 Å². The summed E-state index contributed by atoms with van der Waals surface area (Å²) in [5.74, 6) is 0.487. The fourth-order valence-electron chi connectivity index (χ4n) is 1.54. The summed E-state index contributed by atoms with van der Waals surface area (Å²) in [6.07, 6.45) is 1.63. The second kappa shape index (κ2) is 5.87. The van der Waals surface area contributed by atoms with Gasteiger partial charge in [0.1, 0.15) is 0 Å². The van der Waals surface area contributed by atoms with E-state index in [1.165, 1.54) is 12.1 Å². The van der Waals surface area contributed by atoms with Gasteiger partial charge in [-0.3, -0.25) is 10.1 Å². The fourth-order valence-corrected chi connectivity index (χ4v) is 1.54. The summed E-state index contributed by atoms with van der Waals surface area (Å²) in [4.78, 5) is 18.5. The highest BCUT2D eigenvalue weighted by atomic mass is 16.6. The number of aromatic nitrogens is 2. The molecule has 7 heteroatoms. The van der Waals surface area contributed by atoms with Gasteiger partial charge in [-0.15, -0.1) is 0 Å². The molecule has 0 aliphatic carbocycles. The Morgan fingerprint density at radius 3 is 2.63 bits per heavy atom. The van der Waals surface area contributed by atoms with Crippen LogP contribution in [0.25, 0.3) is 11.3 Å². The first-order valence-corrected chi connectivity index (χ1v) is 5.72. The van der Waals surface area contributed by atoms with Crippen molar-refractivity contribution in [2.75, 3.05) is 18.4 Å². The van der Waals surface area contributed by atoms with Crippen LogP contribution in [0.1, 0.15) is 0 Å². The van der Waals surface area contributed by atoms with Gasteiger partial charge in [-0.2, -0.15) is 0 Å². The highest BCUT2D eigenvalue weighted by molar-refractivity contribution is 5.61. The summed E-state index contributed by atoms with van der Waals surface area (Å²) in [6, 6.07) is 7.96. The summed E-state index contributed by atoms with van der Waals surface area (Å²) < 4.78 is 0. The predicted molar refractivity (Wildman–Crippen MR) is 71.7 cm³/mol. The van der Waals surface area contributed by atoms with E-state index in [9.17, 15) is 10.1 Å². The topological polar surface area (TPSA) is 107 Å². The molecular formula is C12H13N5O2. The van der Waals surface area contributed by atoms with E-state index >= 15 is 0 Å². The zero-order valence-corrected chi connectivity index (χ0v) is 10.1. The normalized spacial score (nSPS) is 10.2. The van der Waals surface area contributed by atoms with Crippen LogP contribution in [0.2, 0.25) is 0 Å². The second-order valence-electron chi connectivity index (χ2n) is 3.78. The van der Waals surface area contributed by atoms with E-state index in [4.69, 9.17) is 5.73 Å². The van der Waals surface area contributed by atoms with Crippen molar-refractivity contribution in [1.29, 1.82) is 0 Å². The van der Waals surface area contributed by atoms with Crippen LogP contribution in [-0.2, 0) is 0 Å². The van der Waals surface area contributed by atoms with Crippen molar-refractivity contribution in [2.24, 2.45) is 5.73 Å². The smallest absolute Gasteiger partial charge is 0.269 e. The Kier molecular flexibility index (Phi) is 3.99. The number of nitrogens with zero attached hydrogens (tertiary/aromatic N) is 3. The third-order valence-electron chi connectivity index (χ3n) is 2.46. The second-order valence-corrected chi connectivity index (χ2v) is 3.78. The van der Waals surface area contributed by atoms with Gasteiger partial charge in [0.2, 0.25) is 5.95 Å². The van der Waals surface area contributed by atoms with Gasteiger partial charge in [0.15, 0.2) is 0 Å². The Bertz CT molecular complexity index is 571. The lowest BCUT2D eigenvalue weighted by Gasteiger charge is -2.05. The molecule has 0 spiro atoms. The minimum atomic E-state index is -0.433. The lowest BCUT2D eigenvalue weighted by atomic mass is 10.1. The molecule has 0 saturated heterocycles. The molecule has 0 fully saturated rings. The molecule has 0 aliphatic heterocycles. The quantitative estimate of drug-likeness (QED) is 0.621. The van der Waals surface area contributed by atoms with Gasteiger partial charge in [-0.05, 0) is 18.2 Å². The van der Waals surface area contributed by atoms with Gasteiger partial charge in [0.05, 0.1) is 10.6 Å². The lowest BCUT2D eigenvalue weighted by Crippen LogP contribution is -2.14. The van der Waals surface area contributed by atoms with Crippen LogP contribution in [0.15, 0.2) is 36.5 Å². The number of benzene rings is 1. The van der Waals surface area contributed by atoms with Crippen LogP contribution in [0.4, 0.5) is 11.6 Å². The molecule has 0 atom stereocenters. The Balaban J connectivity index is 2.23. The van der Waals surface area contributed by atoms with E-state index in [0.717, 1.165) is 5.56 Å². The zero-order valence-electron chi connectivity index (χ0n) is 10.1. The van der Waals surface area contributed by atoms with Crippen molar-refractivity contribution in [2.45, 2.75) is 0 Å². The molecule has 0 aliphatic rings. The number of anilines is 1. The molecule has 0 bridgehead atoms. The summed E-state index contributed by atoms with van der Waals surface area (Å²) >= 11 is 0. The molecule has 19 heavy (non-hydrogen) atoms. The molecular weight excluding hydrogens is 246 g/mol. The molecule has 0 amide bonds. The number of non-ortho nitro benzene ring substituents is 1. The molecule has 2 rings (SSSR count). The minimum Gasteiger partial charge on any atom is -0.353 e. The number of nitrogens with one attached hydrogen (secondary N) is 1. The van der Waals surface area contributed by atoms with Gasteiger partial charge in [-0.1, -0.05) is 0 Å². The molecule has 0 unspecified atom stereocenters. The molecule has 0 radical (unpaired) electrons. The van der Waals surface area contributed by atoms with Crippen LogP contribution >= 0.6 is 0 Å². The van der Waals surface area contributed by atoms with Crippen molar-refractivity contribution < 1.29 is 4.92 Å². The van der Waals surface area contributed by atoms with Crippen LogP contribution in [0.5, 0.6) is 0 Å². The molecule has 3 N–H and O–H groups in total. The standard InChI is InChI=1S/C12H13N5O2/c13-6-8-15-12-14-7-5-11(16-12)9-1-3-10(4-2-9)17(18)19/h1-5,7H,6,8,13H2,(H,14,15,16). The summed E-state index contributed by atoms with van der Waals surface area (Å²) in [5.41, 5.74) is 6.94. The third-order valence-corrected chi connectivity index (χ3v) is 2.46.